The lowest BCUT2D eigenvalue weighted by atomic mass is 10.1. The standard InChI is InChI=1S/C29H44O6/c1-4-5-6-7-8-9-10-11-12-13-14-15-16-17-18-19-27(30)35-28(31)21-20-24-22-25(33-2)29(32)26(23-24)34-3/h11-12,20-23,32H,4-10,13-19H2,1-3H3/b12-11-,21-20+. The van der Waals surface area contributed by atoms with Gasteiger partial charge in [0.2, 0.25) is 5.75 Å². The van der Waals surface area contributed by atoms with Gasteiger partial charge in [0.1, 0.15) is 0 Å². The second-order valence-electron chi connectivity index (χ2n) is 8.73. The number of esters is 2. The van der Waals surface area contributed by atoms with Gasteiger partial charge in [0.05, 0.1) is 14.2 Å². The number of ether oxygens (including phenoxy) is 3. The van der Waals surface area contributed by atoms with Gasteiger partial charge in [-0.1, -0.05) is 70.4 Å². The van der Waals surface area contributed by atoms with Gasteiger partial charge in [-0.05, 0) is 55.9 Å². The van der Waals surface area contributed by atoms with E-state index in [0.29, 0.717) is 5.56 Å². The van der Waals surface area contributed by atoms with Crippen LogP contribution >= 0.6 is 0 Å². The molecule has 0 aliphatic heterocycles. The maximum absolute atomic E-state index is 11.9. The molecule has 0 fully saturated rings. The molecule has 1 rings (SSSR count). The highest BCUT2D eigenvalue weighted by atomic mass is 16.6. The van der Waals surface area contributed by atoms with Crippen LogP contribution in [0.3, 0.4) is 0 Å². The second kappa shape index (κ2) is 19.5. The van der Waals surface area contributed by atoms with Gasteiger partial charge < -0.3 is 19.3 Å². The summed E-state index contributed by atoms with van der Waals surface area (Å²) in [5, 5.41) is 9.93. The Balaban J connectivity index is 2.11. The molecule has 0 atom stereocenters. The SMILES string of the molecule is CCCCCCCC/C=C\CCCCCCCC(=O)OC(=O)/C=C/c1cc(OC)c(O)c(OC)c1. The first-order valence-corrected chi connectivity index (χ1v) is 13.0. The van der Waals surface area contributed by atoms with E-state index in [-0.39, 0.29) is 23.7 Å². The molecule has 0 saturated carbocycles. The summed E-state index contributed by atoms with van der Waals surface area (Å²) in [6, 6.07) is 3.10. The molecule has 0 unspecified atom stereocenters. The van der Waals surface area contributed by atoms with Crippen LogP contribution in [-0.4, -0.2) is 31.3 Å². The molecule has 0 spiro atoms. The van der Waals surface area contributed by atoms with Crippen molar-refractivity contribution in [3.63, 3.8) is 0 Å². The molecular formula is C29H44O6. The number of benzene rings is 1. The van der Waals surface area contributed by atoms with Crippen LogP contribution in [0.25, 0.3) is 6.08 Å². The summed E-state index contributed by atoms with van der Waals surface area (Å²) >= 11 is 0. The Morgan fingerprint density at radius 2 is 1.31 bits per heavy atom. The smallest absolute Gasteiger partial charge is 0.338 e. The molecule has 6 nitrogen and oxygen atoms in total. The van der Waals surface area contributed by atoms with E-state index in [0.717, 1.165) is 32.1 Å². The van der Waals surface area contributed by atoms with E-state index < -0.39 is 11.9 Å². The Morgan fingerprint density at radius 1 is 0.800 bits per heavy atom. The number of allylic oxidation sites excluding steroid dienone is 2. The fraction of sp³-hybridized carbons (Fsp3) is 0.586. The van der Waals surface area contributed by atoms with Crippen LogP contribution < -0.4 is 9.47 Å². The predicted octanol–water partition coefficient (Wildman–Crippen LogP) is 7.53. The van der Waals surface area contributed by atoms with E-state index in [1.807, 2.05) is 0 Å². The summed E-state index contributed by atoms with van der Waals surface area (Å²) in [7, 11) is 2.84. The highest BCUT2D eigenvalue weighted by Crippen LogP contribution is 2.37. The Labute approximate surface area is 211 Å². The number of phenolic OH excluding ortho intramolecular Hbond substituents is 1. The topological polar surface area (TPSA) is 82.1 Å². The van der Waals surface area contributed by atoms with Crippen molar-refractivity contribution in [2.45, 2.75) is 96.8 Å². The molecule has 0 saturated heterocycles. The first-order valence-electron chi connectivity index (χ1n) is 13.0. The van der Waals surface area contributed by atoms with E-state index >= 15 is 0 Å². The Hall–Kier alpha value is -2.76. The third kappa shape index (κ3) is 14.3. The molecule has 0 bridgehead atoms. The quantitative estimate of drug-likeness (QED) is 0.0712. The Kier molecular flexibility index (Phi) is 16.9. The third-order valence-corrected chi connectivity index (χ3v) is 5.77. The van der Waals surface area contributed by atoms with Crippen molar-refractivity contribution in [1.82, 2.24) is 0 Å². The third-order valence-electron chi connectivity index (χ3n) is 5.77. The maximum atomic E-state index is 11.9. The van der Waals surface area contributed by atoms with Crippen LogP contribution in [0.5, 0.6) is 17.2 Å². The molecule has 35 heavy (non-hydrogen) atoms. The van der Waals surface area contributed by atoms with Crippen LogP contribution in [0.15, 0.2) is 30.4 Å². The number of carbonyl (C=O) groups is 2. The number of carbonyl (C=O) groups excluding carboxylic acids is 2. The summed E-state index contributed by atoms with van der Waals surface area (Å²) in [6.07, 6.45) is 22.9. The average Bonchev–Trinajstić information content (AvgIpc) is 2.85. The minimum Gasteiger partial charge on any atom is -0.502 e. The molecule has 1 aromatic rings. The van der Waals surface area contributed by atoms with Gasteiger partial charge in [0, 0.05) is 12.5 Å². The molecule has 0 aliphatic carbocycles. The Morgan fingerprint density at radius 3 is 1.86 bits per heavy atom. The zero-order valence-corrected chi connectivity index (χ0v) is 21.9. The number of hydrogen-bond donors (Lipinski definition) is 1. The van der Waals surface area contributed by atoms with Crippen molar-refractivity contribution < 1.29 is 28.9 Å². The first kappa shape index (κ1) is 30.3. The number of phenols is 1. The molecule has 0 amide bonds. The predicted molar refractivity (Wildman–Crippen MR) is 141 cm³/mol. The van der Waals surface area contributed by atoms with E-state index in [4.69, 9.17) is 14.2 Å². The van der Waals surface area contributed by atoms with Gasteiger partial charge >= 0.3 is 11.9 Å². The molecule has 0 aliphatic rings. The zero-order chi connectivity index (χ0) is 25.7. The molecule has 1 aromatic carbocycles. The number of aromatic hydroxyl groups is 1. The van der Waals surface area contributed by atoms with Gasteiger partial charge in [-0.3, -0.25) is 4.79 Å². The van der Waals surface area contributed by atoms with E-state index in [2.05, 4.69) is 19.1 Å². The van der Waals surface area contributed by atoms with Crippen LogP contribution in [0.4, 0.5) is 0 Å². The van der Waals surface area contributed by atoms with Crippen LogP contribution in [0.1, 0.15) is 102 Å². The lowest BCUT2D eigenvalue weighted by Gasteiger charge is -2.09. The molecule has 196 valence electrons. The normalized spacial score (nSPS) is 11.3. The number of hydrogen-bond acceptors (Lipinski definition) is 6. The number of unbranched alkanes of at least 4 members (excludes halogenated alkanes) is 11. The molecule has 0 radical (unpaired) electrons. The van der Waals surface area contributed by atoms with Gasteiger partial charge in [-0.25, -0.2) is 4.79 Å². The van der Waals surface area contributed by atoms with E-state index in [9.17, 15) is 14.7 Å². The fourth-order valence-electron chi connectivity index (χ4n) is 3.71. The minimum absolute atomic E-state index is 0.120. The molecule has 1 N–H and O–H groups in total. The second-order valence-corrected chi connectivity index (χ2v) is 8.73. The van der Waals surface area contributed by atoms with Gasteiger partial charge in [0.25, 0.3) is 0 Å². The summed E-state index contributed by atoms with van der Waals surface area (Å²) in [5.41, 5.74) is 0.568. The molecule has 0 heterocycles. The monoisotopic (exact) mass is 488 g/mol. The van der Waals surface area contributed by atoms with Crippen LogP contribution in [0, 0.1) is 0 Å². The van der Waals surface area contributed by atoms with E-state index in [1.54, 1.807) is 12.1 Å². The van der Waals surface area contributed by atoms with Gasteiger partial charge in [0.15, 0.2) is 11.5 Å². The van der Waals surface area contributed by atoms with Gasteiger partial charge in [-0.15, -0.1) is 0 Å². The maximum Gasteiger partial charge on any atom is 0.338 e. The lowest BCUT2D eigenvalue weighted by Crippen LogP contribution is -2.09. The van der Waals surface area contributed by atoms with Crippen molar-refractivity contribution in [2.24, 2.45) is 0 Å². The number of methoxy groups -OCH3 is 2. The molecule has 0 aromatic heterocycles. The highest BCUT2D eigenvalue weighted by Gasteiger charge is 2.11. The van der Waals surface area contributed by atoms with Crippen LogP contribution in [-0.2, 0) is 14.3 Å². The molecular weight excluding hydrogens is 444 g/mol. The first-order chi connectivity index (χ1) is 17.0. The largest absolute Gasteiger partial charge is 0.502 e. The zero-order valence-electron chi connectivity index (χ0n) is 21.9. The van der Waals surface area contributed by atoms with Gasteiger partial charge in [-0.2, -0.15) is 0 Å². The highest BCUT2D eigenvalue weighted by molar-refractivity contribution is 5.94. The van der Waals surface area contributed by atoms with Crippen molar-refractivity contribution in [1.29, 1.82) is 0 Å². The molecule has 6 heteroatoms. The van der Waals surface area contributed by atoms with Crippen molar-refractivity contribution in [3.8, 4) is 17.2 Å². The van der Waals surface area contributed by atoms with Crippen LogP contribution in [0.2, 0.25) is 0 Å². The Bertz CT molecular complexity index is 771. The van der Waals surface area contributed by atoms with Crippen molar-refractivity contribution in [3.05, 3.63) is 35.9 Å². The summed E-state index contributed by atoms with van der Waals surface area (Å²) < 4.78 is 15.0. The minimum atomic E-state index is -0.728. The lowest BCUT2D eigenvalue weighted by molar-refractivity contribution is -0.156. The summed E-state index contributed by atoms with van der Waals surface area (Å²) in [4.78, 5) is 23.8. The van der Waals surface area contributed by atoms with Crippen molar-refractivity contribution >= 4 is 18.0 Å². The summed E-state index contributed by atoms with van der Waals surface area (Å²) in [6.45, 7) is 2.25. The summed E-state index contributed by atoms with van der Waals surface area (Å²) in [5.74, 6) is -0.924. The fourth-order valence-corrected chi connectivity index (χ4v) is 3.71. The van der Waals surface area contributed by atoms with E-state index in [1.165, 1.54) is 77.7 Å². The number of rotatable bonds is 19. The average molecular weight is 489 g/mol. The van der Waals surface area contributed by atoms with Crippen molar-refractivity contribution in [2.75, 3.05) is 14.2 Å².